The van der Waals surface area contributed by atoms with Crippen LogP contribution in [0.2, 0.25) is 5.02 Å². The van der Waals surface area contributed by atoms with E-state index in [1.807, 2.05) is 24.3 Å². The lowest BCUT2D eigenvalue weighted by Crippen LogP contribution is -2.15. The number of nitrogens with one attached hydrogen (secondary N) is 1. The van der Waals surface area contributed by atoms with Gasteiger partial charge in [-0.05, 0) is 24.3 Å². The first-order chi connectivity index (χ1) is 9.22. The molecule has 0 aliphatic carbocycles. The van der Waals surface area contributed by atoms with Crippen molar-refractivity contribution in [2.75, 3.05) is 7.11 Å². The molecule has 0 radical (unpaired) electrons. The van der Waals surface area contributed by atoms with Crippen molar-refractivity contribution in [1.29, 1.82) is 0 Å². The lowest BCUT2D eigenvalue weighted by molar-refractivity contribution is 0.413. The Morgan fingerprint density at radius 1 is 1.16 bits per heavy atom. The number of para-hydroxylation sites is 3. The Labute approximate surface area is 114 Å². The fraction of sp³-hybridized carbons (Fsp3) is 0.0714. The number of ether oxygens (including phenoxy) is 1. The Hall–Kier alpha value is -2.20. The van der Waals surface area contributed by atoms with Crippen LogP contribution in [0.15, 0.2) is 47.3 Å². The molecule has 3 rings (SSSR count). The molecule has 5 heteroatoms. The Morgan fingerprint density at radius 2 is 1.95 bits per heavy atom. The summed E-state index contributed by atoms with van der Waals surface area (Å²) >= 11 is 6.20. The molecule has 1 N–H and O–H groups in total. The van der Waals surface area contributed by atoms with Gasteiger partial charge in [-0.1, -0.05) is 29.8 Å². The zero-order valence-corrected chi connectivity index (χ0v) is 10.9. The maximum atomic E-state index is 12.2. The largest absolute Gasteiger partial charge is 0.495 e. The molecule has 1 heterocycles. The Balaban J connectivity index is 2.43. The minimum atomic E-state index is -0.243. The molecule has 0 fully saturated rings. The first kappa shape index (κ1) is 11.9. The molecule has 0 saturated heterocycles. The number of hydrogen-bond acceptors (Lipinski definition) is 2. The summed E-state index contributed by atoms with van der Waals surface area (Å²) in [5.41, 5.74) is 1.77. The summed E-state index contributed by atoms with van der Waals surface area (Å²) in [7, 11) is 1.57. The molecular formula is C14H11ClN2O2. The van der Waals surface area contributed by atoms with Gasteiger partial charge in [0.25, 0.3) is 0 Å². The van der Waals surface area contributed by atoms with Crippen LogP contribution in [0, 0.1) is 0 Å². The third-order valence-corrected chi connectivity index (χ3v) is 3.29. The zero-order chi connectivity index (χ0) is 13.4. The molecule has 0 amide bonds. The van der Waals surface area contributed by atoms with Crippen molar-refractivity contribution in [2.45, 2.75) is 0 Å². The van der Waals surface area contributed by atoms with Crippen molar-refractivity contribution < 1.29 is 4.74 Å². The van der Waals surface area contributed by atoms with Gasteiger partial charge in [-0.15, -0.1) is 0 Å². The van der Waals surface area contributed by atoms with E-state index in [0.717, 1.165) is 0 Å². The summed E-state index contributed by atoms with van der Waals surface area (Å²) < 4.78 is 6.82. The summed E-state index contributed by atoms with van der Waals surface area (Å²) in [6.45, 7) is 0. The number of fused-ring (bicyclic) bond motifs is 1. The molecule has 19 heavy (non-hydrogen) atoms. The Morgan fingerprint density at radius 3 is 2.74 bits per heavy atom. The third kappa shape index (κ3) is 1.81. The fourth-order valence-electron chi connectivity index (χ4n) is 2.16. The van der Waals surface area contributed by atoms with Crippen LogP contribution in [-0.4, -0.2) is 16.7 Å². The first-order valence-corrected chi connectivity index (χ1v) is 6.13. The highest BCUT2D eigenvalue weighted by molar-refractivity contribution is 6.35. The molecule has 0 aliphatic rings. The SMILES string of the molecule is COc1ccccc1-n1c(=O)[nH]c2cccc(Cl)c21. The summed E-state index contributed by atoms with van der Waals surface area (Å²) in [4.78, 5) is 14.9. The highest BCUT2D eigenvalue weighted by Gasteiger charge is 2.14. The van der Waals surface area contributed by atoms with Gasteiger partial charge in [0.1, 0.15) is 5.75 Å². The van der Waals surface area contributed by atoms with Crippen LogP contribution >= 0.6 is 11.6 Å². The average molecular weight is 275 g/mol. The minimum Gasteiger partial charge on any atom is -0.495 e. The van der Waals surface area contributed by atoms with Crippen LogP contribution in [0.4, 0.5) is 0 Å². The van der Waals surface area contributed by atoms with Gasteiger partial charge in [-0.3, -0.25) is 4.57 Å². The number of imidazole rings is 1. The highest BCUT2D eigenvalue weighted by atomic mass is 35.5. The number of methoxy groups -OCH3 is 1. The number of H-pyrrole nitrogens is 1. The molecule has 0 spiro atoms. The smallest absolute Gasteiger partial charge is 0.331 e. The highest BCUT2D eigenvalue weighted by Crippen LogP contribution is 2.27. The summed E-state index contributed by atoms with van der Waals surface area (Å²) in [6, 6.07) is 12.7. The number of halogens is 1. The van der Waals surface area contributed by atoms with Crippen molar-refractivity contribution in [3.63, 3.8) is 0 Å². The molecule has 0 unspecified atom stereocenters. The number of aromatic amines is 1. The number of rotatable bonds is 2. The molecule has 1 aromatic heterocycles. The van der Waals surface area contributed by atoms with Crippen molar-refractivity contribution in [1.82, 2.24) is 9.55 Å². The maximum absolute atomic E-state index is 12.2. The monoisotopic (exact) mass is 274 g/mol. The van der Waals surface area contributed by atoms with Crippen LogP contribution < -0.4 is 10.4 Å². The number of aromatic nitrogens is 2. The fourth-order valence-corrected chi connectivity index (χ4v) is 2.42. The van der Waals surface area contributed by atoms with Gasteiger partial charge in [-0.25, -0.2) is 4.79 Å². The normalized spacial score (nSPS) is 10.8. The number of benzene rings is 2. The van der Waals surface area contributed by atoms with Crippen LogP contribution in [0.25, 0.3) is 16.7 Å². The second kappa shape index (κ2) is 4.48. The average Bonchev–Trinajstić information content (AvgIpc) is 2.76. The van der Waals surface area contributed by atoms with Gasteiger partial charge in [0, 0.05) is 0 Å². The lowest BCUT2D eigenvalue weighted by atomic mass is 10.2. The van der Waals surface area contributed by atoms with Gasteiger partial charge in [0.15, 0.2) is 0 Å². The van der Waals surface area contributed by atoms with Crippen molar-refractivity contribution >= 4 is 22.6 Å². The standard InChI is InChI=1S/C14H11ClN2O2/c1-19-12-8-3-2-7-11(12)17-13-9(15)5-4-6-10(13)16-14(17)18/h2-8H,1H3,(H,16,18). The van der Waals surface area contributed by atoms with Crippen LogP contribution in [0.3, 0.4) is 0 Å². The van der Waals surface area contributed by atoms with E-state index in [-0.39, 0.29) is 5.69 Å². The van der Waals surface area contributed by atoms with E-state index in [4.69, 9.17) is 16.3 Å². The molecule has 3 aromatic rings. The van der Waals surface area contributed by atoms with Crippen molar-refractivity contribution in [3.05, 3.63) is 58.0 Å². The molecular weight excluding hydrogens is 264 g/mol. The molecule has 2 aromatic carbocycles. The van der Waals surface area contributed by atoms with Gasteiger partial charge in [0.05, 0.1) is 28.9 Å². The van der Waals surface area contributed by atoms with E-state index in [1.54, 1.807) is 25.3 Å². The Bertz CT molecular complexity index is 805. The Kier molecular flexibility index (Phi) is 2.80. The minimum absolute atomic E-state index is 0.243. The van der Waals surface area contributed by atoms with E-state index in [9.17, 15) is 4.79 Å². The first-order valence-electron chi connectivity index (χ1n) is 5.75. The van der Waals surface area contributed by atoms with E-state index in [0.29, 0.717) is 27.5 Å². The lowest BCUT2D eigenvalue weighted by Gasteiger charge is -2.09. The molecule has 0 atom stereocenters. The van der Waals surface area contributed by atoms with Crippen LogP contribution in [-0.2, 0) is 0 Å². The van der Waals surface area contributed by atoms with Crippen molar-refractivity contribution in [2.24, 2.45) is 0 Å². The topological polar surface area (TPSA) is 47.0 Å². The van der Waals surface area contributed by atoms with Gasteiger partial charge in [-0.2, -0.15) is 0 Å². The third-order valence-electron chi connectivity index (χ3n) is 2.98. The second-order valence-corrected chi connectivity index (χ2v) is 4.48. The van der Waals surface area contributed by atoms with Crippen LogP contribution in [0.1, 0.15) is 0 Å². The van der Waals surface area contributed by atoms with E-state index in [1.165, 1.54) is 4.57 Å². The van der Waals surface area contributed by atoms with Crippen molar-refractivity contribution in [3.8, 4) is 11.4 Å². The number of nitrogens with zero attached hydrogens (tertiary/aromatic N) is 1. The van der Waals surface area contributed by atoms with E-state index < -0.39 is 0 Å². The summed E-state index contributed by atoms with van der Waals surface area (Å²) in [5.74, 6) is 0.616. The molecule has 0 aliphatic heterocycles. The summed E-state index contributed by atoms with van der Waals surface area (Å²) in [6.07, 6.45) is 0. The predicted octanol–water partition coefficient (Wildman–Crippen LogP) is 2.98. The molecule has 0 saturated carbocycles. The number of hydrogen-bond donors (Lipinski definition) is 1. The quantitative estimate of drug-likeness (QED) is 0.781. The van der Waals surface area contributed by atoms with Gasteiger partial charge in [0.2, 0.25) is 0 Å². The molecule has 0 bridgehead atoms. The van der Waals surface area contributed by atoms with E-state index >= 15 is 0 Å². The second-order valence-electron chi connectivity index (χ2n) is 4.07. The van der Waals surface area contributed by atoms with Crippen LogP contribution in [0.5, 0.6) is 5.75 Å². The van der Waals surface area contributed by atoms with Gasteiger partial charge >= 0.3 is 5.69 Å². The zero-order valence-electron chi connectivity index (χ0n) is 10.2. The summed E-state index contributed by atoms with van der Waals surface area (Å²) in [5, 5.41) is 0.516. The maximum Gasteiger partial charge on any atom is 0.331 e. The van der Waals surface area contributed by atoms with Gasteiger partial charge < -0.3 is 9.72 Å². The molecule has 4 nitrogen and oxygen atoms in total. The predicted molar refractivity (Wildman–Crippen MR) is 75.5 cm³/mol. The molecule has 96 valence electrons. The van der Waals surface area contributed by atoms with E-state index in [2.05, 4.69) is 4.98 Å².